The highest BCUT2D eigenvalue weighted by molar-refractivity contribution is 5.70. The number of nitrogens with zero attached hydrogens (tertiary/aromatic N) is 1. The first-order valence-electron chi connectivity index (χ1n) is 21.2. The third-order valence-electron chi connectivity index (χ3n) is 9.65. The lowest BCUT2D eigenvalue weighted by Gasteiger charge is -2.34. The highest BCUT2D eigenvalue weighted by Crippen LogP contribution is 2.14. The van der Waals surface area contributed by atoms with Crippen LogP contribution in [-0.4, -0.2) is 75.5 Å². The van der Waals surface area contributed by atoms with Gasteiger partial charge in [0.15, 0.2) is 6.10 Å². The van der Waals surface area contributed by atoms with Crippen molar-refractivity contribution in [1.29, 1.82) is 0 Å². The number of hydrogen-bond donors (Lipinski definition) is 0. The highest BCUT2D eigenvalue weighted by atomic mass is 16.6. The molecule has 0 aliphatic carbocycles. The Hall–Kier alpha value is -1.93. The van der Waals surface area contributed by atoms with Gasteiger partial charge in [0.1, 0.15) is 12.6 Å². The van der Waals surface area contributed by atoms with E-state index in [4.69, 9.17) is 14.2 Å². The van der Waals surface area contributed by atoms with Crippen molar-refractivity contribution in [3.63, 3.8) is 0 Å². The van der Waals surface area contributed by atoms with Crippen LogP contribution in [0.2, 0.25) is 0 Å². The summed E-state index contributed by atoms with van der Waals surface area (Å²) in [7, 11) is 5.40. The second-order valence-corrected chi connectivity index (χ2v) is 15.6. The molecule has 0 aromatic heterocycles. The fourth-order valence-electron chi connectivity index (χ4n) is 6.30. The number of carboxylic acids is 1. The zero-order valence-corrected chi connectivity index (χ0v) is 34.0. The van der Waals surface area contributed by atoms with Gasteiger partial charge in [0.25, 0.3) is 0 Å². The zero-order chi connectivity index (χ0) is 37.8. The van der Waals surface area contributed by atoms with Crippen molar-refractivity contribution in [1.82, 2.24) is 0 Å². The molecule has 0 bridgehead atoms. The number of allylic oxidation sites excluding steroid dienone is 2. The molecule has 0 fully saturated rings. The number of aliphatic carboxylic acids is 1. The average Bonchev–Trinajstić information content (AvgIpc) is 3.08. The maximum absolute atomic E-state index is 12.7. The summed E-state index contributed by atoms with van der Waals surface area (Å²) in [5.74, 6) is -1.74. The molecular formula is C43H81NO7. The molecule has 8 heteroatoms. The lowest BCUT2D eigenvalue weighted by molar-refractivity contribution is -0.889. The van der Waals surface area contributed by atoms with Gasteiger partial charge in [-0.2, -0.15) is 0 Å². The van der Waals surface area contributed by atoms with E-state index in [9.17, 15) is 19.5 Å². The fourth-order valence-corrected chi connectivity index (χ4v) is 6.30. The number of carbonyl (C=O) groups excluding carboxylic acids is 3. The predicted molar refractivity (Wildman–Crippen MR) is 208 cm³/mol. The summed E-state index contributed by atoms with van der Waals surface area (Å²) in [5, 5.41) is 11.6. The first-order valence-corrected chi connectivity index (χ1v) is 21.2. The summed E-state index contributed by atoms with van der Waals surface area (Å²) in [6.07, 6.45) is 35.2. The van der Waals surface area contributed by atoms with Crippen molar-refractivity contribution in [2.45, 2.75) is 206 Å². The van der Waals surface area contributed by atoms with Gasteiger partial charge in [-0.1, -0.05) is 148 Å². The highest BCUT2D eigenvalue weighted by Gasteiger charge is 2.25. The molecule has 0 radical (unpaired) electrons. The van der Waals surface area contributed by atoms with Gasteiger partial charge in [-0.15, -0.1) is 0 Å². The SMILES string of the molecule is CCCCCCCCCCC/C=C/CCCCCCCC(=O)OC(COCCC(C(=O)[O-])[N+](C)(C)C)COC(=O)CCCCCCCCCCC. The van der Waals surface area contributed by atoms with E-state index in [-0.39, 0.29) is 42.7 Å². The van der Waals surface area contributed by atoms with E-state index < -0.39 is 18.1 Å². The molecule has 2 unspecified atom stereocenters. The zero-order valence-electron chi connectivity index (χ0n) is 34.0. The normalized spacial score (nSPS) is 13.0. The fraction of sp³-hybridized carbons (Fsp3) is 0.884. The maximum Gasteiger partial charge on any atom is 0.306 e. The molecule has 0 saturated heterocycles. The minimum Gasteiger partial charge on any atom is -0.544 e. The molecule has 2 atom stereocenters. The van der Waals surface area contributed by atoms with E-state index in [0.29, 0.717) is 12.8 Å². The number of hydrogen-bond acceptors (Lipinski definition) is 7. The minimum atomic E-state index is -1.12. The van der Waals surface area contributed by atoms with Gasteiger partial charge in [-0.05, 0) is 38.5 Å². The van der Waals surface area contributed by atoms with E-state index >= 15 is 0 Å². The second-order valence-electron chi connectivity index (χ2n) is 15.6. The van der Waals surface area contributed by atoms with Crippen molar-refractivity contribution < 1.29 is 38.2 Å². The van der Waals surface area contributed by atoms with Crippen LogP contribution in [0, 0.1) is 0 Å². The van der Waals surface area contributed by atoms with Crippen molar-refractivity contribution in [2.24, 2.45) is 0 Å². The topological polar surface area (TPSA) is 102 Å². The van der Waals surface area contributed by atoms with Gasteiger partial charge in [-0.3, -0.25) is 9.59 Å². The minimum absolute atomic E-state index is 0.0423. The van der Waals surface area contributed by atoms with Crippen LogP contribution in [0.1, 0.15) is 194 Å². The van der Waals surface area contributed by atoms with E-state index in [0.717, 1.165) is 51.4 Å². The van der Waals surface area contributed by atoms with Gasteiger partial charge in [-0.25, -0.2) is 0 Å². The Morgan fingerprint density at radius 2 is 0.980 bits per heavy atom. The smallest absolute Gasteiger partial charge is 0.306 e. The molecular weight excluding hydrogens is 642 g/mol. The first kappa shape index (κ1) is 49.1. The molecule has 0 heterocycles. The quantitative estimate of drug-likeness (QED) is 0.0271. The molecule has 300 valence electrons. The van der Waals surface area contributed by atoms with E-state index in [2.05, 4.69) is 26.0 Å². The Bertz CT molecular complexity index is 854. The molecule has 51 heavy (non-hydrogen) atoms. The van der Waals surface area contributed by atoms with Crippen molar-refractivity contribution in [3.05, 3.63) is 12.2 Å². The lowest BCUT2D eigenvalue weighted by Crippen LogP contribution is -2.55. The number of likely N-dealkylation sites (N-methyl/N-ethyl adjacent to an activating group) is 1. The summed E-state index contributed by atoms with van der Waals surface area (Å²) in [5.41, 5.74) is 0. The van der Waals surface area contributed by atoms with Gasteiger partial charge in [0.05, 0.1) is 40.3 Å². The van der Waals surface area contributed by atoms with E-state index in [1.807, 2.05) is 0 Å². The van der Waals surface area contributed by atoms with Gasteiger partial charge in [0, 0.05) is 19.3 Å². The van der Waals surface area contributed by atoms with Crippen molar-refractivity contribution >= 4 is 17.9 Å². The van der Waals surface area contributed by atoms with Crippen LogP contribution in [-0.2, 0) is 28.6 Å². The van der Waals surface area contributed by atoms with E-state index in [1.54, 1.807) is 21.1 Å². The van der Waals surface area contributed by atoms with Crippen molar-refractivity contribution in [3.8, 4) is 0 Å². The number of carbonyl (C=O) groups is 3. The average molecular weight is 724 g/mol. The first-order chi connectivity index (χ1) is 24.6. The standard InChI is InChI=1S/C43H81NO7/c1-6-8-10-12-14-16-17-18-19-20-21-22-23-24-26-28-30-32-34-42(46)51-39(37-49-36-35-40(43(47)48)44(3,4)5)38-50-41(45)33-31-29-27-25-15-13-11-9-7-2/h21-22,39-40H,6-20,23-38H2,1-5H3/b22-21+. The van der Waals surface area contributed by atoms with Crippen LogP contribution in [0.4, 0.5) is 0 Å². The van der Waals surface area contributed by atoms with Crippen LogP contribution in [0.15, 0.2) is 12.2 Å². The molecule has 0 amide bonds. The summed E-state index contributed by atoms with van der Waals surface area (Å²) in [6, 6.07) is -0.722. The van der Waals surface area contributed by atoms with Crippen LogP contribution >= 0.6 is 0 Å². The number of quaternary nitrogens is 1. The molecule has 0 aromatic carbocycles. The Kier molecular flexibility index (Phi) is 33.8. The van der Waals surface area contributed by atoms with Crippen LogP contribution in [0.25, 0.3) is 0 Å². The lowest BCUT2D eigenvalue weighted by atomic mass is 10.1. The number of ether oxygens (including phenoxy) is 3. The van der Waals surface area contributed by atoms with Crippen LogP contribution in [0.3, 0.4) is 0 Å². The maximum atomic E-state index is 12.7. The largest absolute Gasteiger partial charge is 0.544 e. The Labute approximate surface area is 314 Å². The molecule has 0 spiro atoms. The number of esters is 2. The molecule has 0 aromatic rings. The Balaban J connectivity index is 4.31. The molecule has 0 saturated carbocycles. The Morgan fingerprint density at radius 1 is 0.569 bits per heavy atom. The van der Waals surface area contributed by atoms with Crippen LogP contribution < -0.4 is 5.11 Å². The summed E-state index contributed by atoms with van der Waals surface area (Å²) < 4.78 is 17.1. The molecule has 8 nitrogen and oxygen atoms in total. The summed E-state index contributed by atoms with van der Waals surface area (Å²) in [4.78, 5) is 36.7. The number of rotatable bonds is 38. The molecule has 0 aliphatic rings. The number of carboxylic acid groups (broad SMARTS) is 1. The van der Waals surface area contributed by atoms with Gasteiger partial charge in [0.2, 0.25) is 0 Å². The predicted octanol–water partition coefficient (Wildman–Crippen LogP) is 9.80. The molecule has 0 N–H and O–H groups in total. The Morgan fingerprint density at radius 3 is 1.41 bits per heavy atom. The second kappa shape index (κ2) is 35.1. The van der Waals surface area contributed by atoms with Gasteiger partial charge < -0.3 is 28.6 Å². The summed E-state index contributed by atoms with van der Waals surface area (Å²) in [6.45, 7) is 4.64. The number of unbranched alkanes of at least 4 members (excludes halogenated alkanes) is 22. The third kappa shape index (κ3) is 33.6. The molecule has 0 rings (SSSR count). The van der Waals surface area contributed by atoms with Crippen LogP contribution in [0.5, 0.6) is 0 Å². The van der Waals surface area contributed by atoms with Crippen molar-refractivity contribution in [2.75, 3.05) is 41.0 Å². The third-order valence-corrected chi connectivity index (χ3v) is 9.65. The monoisotopic (exact) mass is 724 g/mol. The van der Waals surface area contributed by atoms with E-state index in [1.165, 1.54) is 109 Å². The summed E-state index contributed by atoms with van der Waals surface area (Å²) >= 11 is 0. The molecule has 0 aliphatic heterocycles. The van der Waals surface area contributed by atoms with Gasteiger partial charge >= 0.3 is 11.9 Å².